The molecular weight excluding hydrogens is 212 g/mol. The molecule has 1 saturated heterocycles. The summed E-state index contributed by atoms with van der Waals surface area (Å²) in [6.07, 6.45) is 1.32. The number of hydrogen-bond donors (Lipinski definition) is 1. The van der Waals surface area contributed by atoms with Crippen LogP contribution >= 0.6 is 0 Å². The van der Waals surface area contributed by atoms with Crippen molar-refractivity contribution in [2.45, 2.75) is 64.6 Å². The normalized spacial score (nSPS) is 20.1. The van der Waals surface area contributed by atoms with Gasteiger partial charge in [-0.1, -0.05) is 41.5 Å². The van der Waals surface area contributed by atoms with Gasteiger partial charge in [-0.25, -0.2) is 0 Å². The molecule has 3 heteroatoms. The first kappa shape index (κ1) is 14.2. The molecule has 0 spiro atoms. The van der Waals surface area contributed by atoms with Crippen molar-refractivity contribution in [3.05, 3.63) is 0 Å². The topological polar surface area (TPSA) is 15.3 Å². The van der Waals surface area contributed by atoms with Crippen LogP contribution in [0.1, 0.15) is 48.0 Å². The van der Waals surface area contributed by atoms with Crippen molar-refractivity contribution in [3.8, 4) is 0 Å². The molecule has 2 nitrogen and oxygen atoms in total. The maximum absolute atomic E-state index is 3.57. The molecule has 1 aliphatic rings. The Morgan fingerprint density at radius 3 is 1.75 bits per heavy atom. The Balaban J connectivity index is 2.99. The van der Waals surface area contributed by atoms with Gasteiger partial charge in [0.15, 0.2) is 0 Å². The van der Waals surface area contributed by atoms with Gasteiger partial charge >= 0.3 is 0 Å². The van der Waals surface area contributed by atoms with E-state index in [2.05, 4.69) is 51.4 Å². The quantitative estimate of drug-likeness (QED) is 0.760. The van der Waals surface area contributed by atoms with Crippen LogP contribution < -0.4 is 5.32 Å². The molecule has 0 aromatic heterocycles. The van der Waals surface area contributed by atoms with E-state index in [-0.39, 0.29) is 0 Å². The Labute approximate surface area is 103 Å². The lowest BCUT2D eigenvalue weighted by Gasteiger charge is -2.52. The van der Waals surface area contributed by atoms with Crippen molar-refractivity contribution in [1.29, 1.82) is 0 Å². The second-order valence-electron chi connectivity index (χ2n) is 6.13. The molecule has 96 valence electrons. The lowest BCUT2D eigenvalue weighted by atomic mass is 10.4. The van der Waals surface area contributed by atoms with E-state index in [1.54, 1.807) is 0 Å². The lowest BCUT2D eigenvalue weighted by Crippen LogP contribution is -2.64. The highest BCUT2D eigenvalue weighted by molar-refractivity contribution is 6.80. The van der Waals surface area contributed by atoms with Crippen LogP contribution in [0.15, 0.2) is 0 Å². The van der Waals surface area contributed by atoms with Gasteiger partial charge in [-0.15, -0.1) is 0 Å². The first-order valence-electron chi connectivity index (χ1n) is 6.89. The molecule has 0 unspecified atom stereocenters. The predicted molar refractivity (Wildman–Crippen MR) is 75.2 cm³/mol. The molecule has 0 aromatic carbocycles. The first-order valence-corrected chi connectivity index (χ1v) is 9.07. The van der Waals surface area contributed by atoms with Gasteiger partial charge in [0.25, 0.3) is 0 Å². The molecule has 16 heavy (non-hydrogen) atoms. The van der Waals surface area contributed by atoms with Crippen molar-refractivity contribution in [2.75, 3.05) is 19.8 Å². The average Bonchev–Trinajstić information content (AvgIpc) is 2.18. The fourth-order valence-corrected chi connectivity index (χ4v) is 11.2. The largest absolute Gasteiger partial charge is 0.311 e. The summed E-state index contributed by atoms with van der Waals surface area (Å²) in [6.45, 7) is 18.3. The van der Waals surface area contributed by atoms with Crippen molar-refractivity contribution >= 4 is 8.24 Å². The number of nitrogens with one attached hydrogen (secondary N) is 1. The molecule has 1 aliphatic heterocycles. The molecule has 1 rings (SSSR count). The van der Waals surface area contributed by atoms with Gasteiger partial charge in [0.1, 0.15) is 8.24 Å². The molecule has 0 aromatic rings. The Bertz CT molecular complexity index is 186. The van der Waals surface area contributed by atoms with Crippen LogP contribution in [0.25, 0.3) is 0 Å². The van der Waals surface area contributed by atoms with Crippen LogP contribution in [0.2, 0.25) is 16.6 Å². The molecule has 0 bridgehead atoms. The average molecular weight is 242 g/mol. The fraction of sp³-hybridized carbons (Fsp3) is 1.00. The van der Waals surface area contributed by atoms with E-state index in [4.69, 9.17) is 0 Å². The zero-order valence-corrected chi connectivity index (χ0v) is 13.0. The SMILES string of the molecule is CC(C)[Si](C(C)C)(C(C)C)N1CCCNC1. The molecule has 1 fully saturated rings. The van der Waals surface area contributed by atoms with Crippen LogP contribution in [-0.2, 0) is 0 Å². The maximum Gasteiger partial charge on any atom is 0.137 e. The van der Waals surface area contributed by atoms with E-state index >= 15 is 0 Å². The second kappa shape index (κ2) is 5.65. The highest BCUT2D eigenvalue weighted by Crippen LogP contribution is 2.43. The van der Waals surface area contributed by atoms with Gasteiger partial charge in [0.2, 0.25) is 0 Å². The van der Waals surface area contributed by atoms with Crippen LogP contribution in [-0.4, -0.2) is 32.6 Å². The third kappa shape index (κ3) is 2.36. The van der Waals surface area contributed by atoms with E-state index < -0.39 is 8.24 Å². The van der Waals surface area contributed by atoms with E-state index in [0.717, 1.165) is 23.3 Å². The van der Waals surface area contributed by atoms with Gasteiger partial charge < -0.3 is 9.88 Å². The summed E-state index contributed by atoms with van der Waals surface area (Å²) in [5.41, 5.74) is 2.52. The Kier molecular flexibility index (Phi) is 5.01. The first-order chi connectivity index (χ1) is 7.44. The second-order valence-corrected chi connectivity index (χ2v) is 12.0. The minimum Gasteiger partial charge on any atom is -0.311 e. The van der Waals surface area contributed by atoms with E-state index in [1.807, 2.05) is 0 Å². The van der Waals surface area contributed by atoms with E-state index in [0.29, 0.717) is 0 Å². The summed E-state index contributed by atoms with van der Waals surface area (Å²) in [5, 5.41) is 3.57. The molecular formula is C13H30N2Si. The molecule has 0 radical (unpaired) electrons. The zero-order valence-electron chi connectivity index (χ0n) is 12.0. The number of rotatable bonds is 4. The molecule has 0 atom stereocenters. The minimum absolute atomic E-state index is 0.840. The highest BCUT2D eigenvalue weighted by Gasteiger charge is 2.47. The Morgan fingerprint density at radius 1 is 0.938 bits per heavy atom. The van der Waals surface area contributed by atoms with Crippen molar-refractivity contribution in [3.63, 3.8) is 0 Å². The summed E-state index contributed by atoms with van der Waals surface area (Å²) in [6, 6.07) is 0. The summed E-state index contributed by atoms with van der Waals surface area (Å²) >= 11 is 0. The molecule has 0 aliphatic carbocycles. The molecule has 0 amide bonds. The highest BCUT2D eigenvalue weighted by atomic mass is 28.3. The smallest absolute Gasteiger partial charge is 0.137 e. The molecule has 1 N–H and O–H groups in total. The maximum atomic E-state index is 3.57. The third-order valence-electron chi connectivity index (χ3n) is 4.41. The van der Waals surface area contributed by atoms with E-state index in [1.165, 1.54) is 19.5 Å². The van der Waals surface area contributed by atoms with Crippen LogP contribution in [0.4, 0.5) is 0 Å². The zero-order chi connectivity index (χ0) is 12.3. The van der Waals surface area contributed by atoms with Crippen molar-refractivity contribution in [2.24, 2.45) is 0 Å². The third-order valence-corrected chi connectivity index (χ3v) is 11.4. The molecule has 0 saturated carbocycles. The lowest BCUT2D eigenvalue weighted by molar-refractivity contribution is 0.307. The summed E-state index contributed by atoms with van der Waals surface area (Å²) in [7, 11) is -1.36. The van der Waals surface area contributed by atoms with Crippen LogP contribution in [0.5, 0.6) is 0 Å². The number of nitrogens with zero attached hydrogens (tertiary/aromatic N) is 1. The van der Waals surface area contributed by atoms with Gasteiger partial charge in [0.05, 0.1) is 0 Å². The molecule has 1 heterocycles. The van der Waals surface area contributed by atoms with Crippen LogP contribution in [0, 0.1) is 0 Å². The van der Waals surface area contributed by atoms with Gasteiger partial charge in [-0.05, 0) is 36.1 Å². The summed E-state index contributed by atoms with van der Waals surface area (Å²) in [4.78, 5) is 0. The minimum atomic E-state index is -1.36. The summed E-state index contributed by atoms with van der Waals surface area (Å²) in [5.74, 6) is 0. The summed E-state index contributed by atoms with van der Waals surface area (Å²) < 4.78 is 2.83. The van der Waals surface area contributed by atoms with Crippen LogP contribution in [0.3, 0.4) is 0 Å². The van der Waals surface area contributed by atoms with Gasteiger partial charge in [0, 0.05) is 6.67 Å². The standard InChI is InChI=1S/C13H30N2Si/c1-11(2)16(12(3)4,13(5)6)15-9-7-8-14-10-15/h11-14H,7-10H2,1-6H3. The van der Waals surface area contributed by atoms with Gasteiger partial charge in [-0.2, -0.15) is 0 Å². The Morgan fingerprint density at radius 2 is 1.44 bits per heavy atom. The van der Waals surface area contributed by atoms with Crippen molar-refractivity contribution < 1.29 is 0 Å². The van der Waals surface area contributed by atoms with E-state index in [9.17, 15) is 0 Å². The van der Waals surface area contributed by atoms with Crippen molar-refractivity contribution in [1.82, 2.24) is 9.88 Å². The number of hydrogen-bond acceptors (Lipinski definition) is 2. The predicted octanol–water partition coefficient (Wildman–Crippen LogP) is 3.41. The Hall–Kier alpha value is 0.137. The fourth-order valence-electron chi connectivity index (χ4n) is 4.11. The van der Waals surface area contributed by atoms with Gasteiger partial charge in [-0.3, -0.25) is 0 Å². The monoisotopic (exact) mass is 242 g/mol.